The maximum absolute atomic E-state index is 12.4. The van der Waals surface area contributed by atoms with Gasteiger partial charge in [0.25, 0.3) is 0 Å². The lowest BCUT2D eigenvalue weighted by Crippen LogP contribution is -2.43. The number of hydrogen-bond donors (Lipinski definition) is 0. The first-order valence-electron chi connectivity index (χ1n) is 43.3. The van der Waals surface area contributed by atoms with Gasteiger partial charge in [0, 0.05) is 157 Å². The molecule has 0 spiro atoms. The zero-order valence-electron chi connectivity index (χ0n) is 67.0. The topological polar surface area (TPSA) is 157 Å². The van der Waals surface area contributed by atoms with Crippen molar-refractivity contribution in [1.82, 2.24) is 19.9 Å². The Kier molecular flexibility index (Phi) is 18.0. The van der Waals surface area contributed by atoms with E-state index >= 15 is 0 Å². The lowest BCUT2D eigenvalue weighted by atomic mass is 9.61. The second-order valence-electron chi connectivity index (χ2n) is 36.8. The molecule has 0 saturated heterocycles. The van der Waals surface area contributed by atoms with Crippen LogP contribution in [0, 0.1) is 45.3 Å². The number of pyridine rings is 4. The van der Waals surface area contributed by atoms with E-state index in [0.717, 1.165) is 146 Å². The number of ketones is 4. The number of aromatic nitrogens is 4. The van der Waals surface area contributed by atoms with Crippen LogP contribution in [0.15, 0.2) is 275 Å². The molecule has 8 heterocycles. The predicted molar refractivity (Wildman–Crippen MR) is 455 cm³/mol. The van der Waals surface area contributed by atoms with Crippen LogP contribution in [-0.2, 0) is 38.1 Å². The Morgan fingerprint density at radius 1 is 0.362 bits per heavy atom. The predicted octanol–water partition coefficient (Wildman–Crippen LogP) is 22.8. The van der Waals surface area contributed by atoms with E-state index in [2.05, 4.69) is 205 Å². The van der Waals surface area contributed by atoms with Gasteiger partial charge in [0.05, 0.1) is 22.3 Å². The average molecular weight is 1530 g/mol. The third kappa shape index (κ3) is 12.2. The maximum Gasteiger partial charge on any atom is 0.166 e. The summed E-state index contributed by atoms with van der Waals surface area (Å²) in [6, 6.07) is 35.5. The summed E-state index contributed by atoms with van der Waals surface area (Å²) in [5.41, 5.74) is 17.1. The van der Waals surface area contributed by atoms with Crippen molar-refractivity contribution in [2.24, 2.45) is 45.3 Å². The van der Waals surface area contributed by atoms with Crippen LogP contribution in [0.4, 0.5) is 0 Å². The molecule has 4 aromatic carbocycles. The largest absolute Gasteiger partial charge is 0.489 e. The highest BCUT2D eigenvalue weighted by molar-refractivity contribution is 6.02. The molecule has 14 atom stereocenters. The summed E-state index contributed by atoms with van der Waals surface area (Å²) < 4.78 is 26.2. The molecular formula is C104H100N4O8. The van der Waals surface area contributed by atoms with Gasteiger partial charge in [-0.2, -0.15) is 0 Å². The Balaban J connectivity index is 0.0000000966. The van der Waals surface area contributed by atoms with Gasteiger partial charge in [0.1, 0.15) is 47.5 Å². The number of nitrogens with zero attached hydrogens (tertiary/aromatic N) is 4. The van der Waals surface area contributed by atoms with Crippen molar-refractivity contribution in [2.45, 2.75) is 205 Å². The van der Waals surface area contributed by atoms with Gasteiger partial charge < -0.3 is 18.9 Å². The highest BCUT2D eigenvalue weighted by Crippen LogP contribution is 2.65. The van der Waals surface area contributed by atoms with E-state index in [1.807, 2.05) is 49.6 Å². The number of hydrogen-bond acceptors (Lipinski definition) is 12. The summed E-state index contributed by atoms with van der Waals surface area (Å²) >= 11 is 0. The fourth-order valence-electron chi connectivity index (χ4n) is 24.2. The second kappa shape index (κ2) is 28.6. The van der Waals surface area contributed by atoms with Crippen LogP contribution < -0.4 is 0 Å². The average Bonchev–Trinajstić information content (AvgIpc) is 1.63. The van der Waals surface area contributed by atoms with Crippen molar-refractivity contribution in [3.8, 4) is 0 Å². The Morgan fingerprint density at radius 2 is 0.776 bits per heavy atom. The second-order valence-corrected chi connectivity index (χ2v) is 36.8. The van der Waals surface area contributed by atoms with Crippen molar-refractivity contribution in [3.63, 3.8) is 0 Å². The maximum atomic E-state index is 12.4. The fraction of sp³-hybridized carbons (Fsp3) is 0.385. The molecule has 12 aliphatic carbocycles. The number of benzene rings is 4. The van der Waals surface area contributed by atoms with Gasteiger partial charge in [0.15, 0.2) is 23.1 Å². The van der Waals surface area contributed by atoms with Gasteiger partial charge in [-0.1, -0.05) is 125 Å². The molecule has 16 aliphatic rings. The van der Waals surface area contributed by atoms with Gasteiger partial charge in [-0.15, -0.1) is 0 Å². The minimum atomic E-state index is -0.0700. The lowest BCUT2D eigenvalue weighted by molar-refractivity contribution is -0.117. The quantitative estimate of drug-likeness (QED) is 0.165. The normalized spacial score (nSPS) is 32.0. The molecule has 584 valence electrons. The number of carbonyl (C=O) groups is 4. The van der Waals surface area contributed by atoms with Crippen molar-refractivity contribution in [2.75, 3.05) is 0 Å². The van der Waals surface area contributed by atoms with Crippen LogP contribution >= 0.6 is 0 Å². The van der Waals surface area contributed by atoms with Crippen LogP contribution in [0.5, 0.6) is 0 Å². The van der Waals surface area contributed by atoms with Gasteiger partial charge in [0.2, 0.25) is 0 Å². The molecule has 0 bridgehead atoms. The number of rotatable bonds is 4. The van der Waals surface area contributed by atoms with Crippen LogP contribution in [-0.4, -0.2) is 67.5 Å². The number of allylic oxidation sites excluding steroid dienone is 18. The first-order chi connectivity index (χ1) is 56.5. The van der Waals surface area contributed by atoms with Crippen molar-refractivity contribution in [1.29, 1.82) is 0 Å². The van der Waals surface area contributed by atoms with Gasteiger partial charge in [-0.05, 0) is 250 Å². The standard InChI is InChI=1S/C26H27NO2.2C26H25NO2.C26H23NO2/c4*1-26-11-9-18-14-20-23(28)3-2-4-24(20)29-25(18)22(26)8-7-21(26)17-5-6-19-15-27-12-10-16(19)13-17/h5-6,10,12-15,21-22,25H,2-4,7-9,11H2,1H3;5-6,9-15,21-22,25H,2-4,7-8H2,1H3;5-7,10,12-15,22,25H,2-4,8-9,11H2,1H3;5-7,9-15,22,25H,2-4,8H2,1H3/t2*21-,22+,25-,26-;2*22-,25+,26+/m1100/s1. The number of carbonyl (C=O) groups excluding carboxylic acids is 4. The minimum absolute atomic E-state index is 0.0352. The molecule has 0 N–H and O–H groups in total. The molecule has 0 amide bonds. The molecule has 4 saturated carbocycles. The smallest absolute Gasteiger partial charge is 0.166 e. The number of fused-ring (bicyclic) bond motifs is 16. The summed E-state index contributed by atoms with van der Waals surface area (Å²) in [5.74, 6) is 7.62. The molecule has 12 nitrogen and oxygen atoms in total. The Hall–Kier alpha value is -10.7. The molecule has 4 aromatic heterocycles. The highest BCUT2D eigenvalue weighted by Gasteiger charge is 2.58. The summed E-state index contributed by atoms with van der Waals surface area (Å²) in [7, 11) is 0. The third-order valence-electron chi connectivity index (χ3n) is 30.7. The first kappa shape index (κ1) is 72.9. The van der Waals surface area contributed by atoms with E-state index in [9.17, 15) is 19.2 Å². The summed E-state index contributed by atoms with van der Waals surface area (Å²) in [5, 5.41) is 9.75. The molecule has 4 fully saturated rings. The molecular weight excluding hydrogens is 1430 g/mol. The molecule has 0 radical (unpaired) electrons. The molecule has 8 aromatic rings. The van der Waals surface area contributed by atoms with E-state index in [-0.39, 0.29) is 69.2 Å². The summed E-state index contributed by atoms with van der Waals surface area (Å²) in [6.07, 6.45) is 59.3. The van der Waals surface area contributed by atoms with Crippen molar-refractivity contribution < 1.29 is 38.1 Å². The van der Waals surface area contributed by atoms with Crippen LogP contribution in [0.1, 0.15) is 203 Å². The summed E-state index contributed by atoms with van der Waals surface area (Å²) in [4.78, 5) is 66.3. The fourth-order valence-corrected chi connectivity index (χ4v) is 24.2. The number of Topliss-reactive ketones (excluding diaryl/α,β-unsaturated/α-hetero) is 4. The van der Waals surface area contributed by atoms with E-state index < -0.39 is 0 Å². The Morgan fingerprint density at radius 3 is 1.31 bits per heavy atom. The zero-order valence-corrected chi connectivity index (χ0v) is 67.0. The van der Waals surface area contributed by atoms with Crippen molar-refractivity contribution >= 4 is 77.4 Å². The SMILES string of the molecule is C[C@]12C=CC3=CC4=C(CCCC4=O)O[C@H]3[C@@H]1CC=C2c1ccc2cnccc2c1.C[C@]12C=CC3=CC4=C(CCCC4=O)O[C@H]3[C@@H]1CC[C@@H]2c1ccc2cnccc2c1.C[C@]12CCC3=CC4=C(CCCC4=O)O[C@H]3[C@@H]1CC=C2c1ccc2cnccc2c1.C[C@]12CCC3=CC4=C(CCCC4=O)O[C@H]3[C@@H]1CC[C@@H]2c1ccc2cnccc2c1. The van der Waals surface area contributed by atoms with Crippen LogP contribution in [0.3, 0.4) is 0 Å². The van der Waals surface area contributed by atoms with Crippen LogP contribution in [0.25, 0.3) is 54.2 Å². The van der Waals surface area contributed by atoms with E-state index in [0.29, 0.717) is 61.2 Å². The summed E-state index contributed by atoms with van der Waals surface area (Å²) in [6.45, 7) is 9.64. The van der Waals surface area contributed by atoms with Gasteiger partial charge in [-0.3, -0.25) is 39.1 Å². The first-order valence-corrected chi connectivity index (χ1v) is 43.3. The zero-order chi connectivity index (χ0) is 78.3. The van der Waals surface area contributed by atoms with E-state index in [1.54, 1.807) is 0 Å². The monoisotopic (exact) mass is 1530 g/mol. The molecule has 116 heavy (non-hydrogen) atoms. The highest BCUT2D eigenvalue weighted by atomic mass is 16.5. The van der Waals surface area contributed by atoms with Gasteiger partial charge >= 0.3 is 0 Å². The van der Waals surface area contributed by atoms with Gasteiger partial charge in [-0.25, -0.2) is 0 Å². The lowest BCUT2D eigenvalue weighted by Gasteiger charge is -2.48. The Labute approximate surface area is 679 Å². The molecule has 24 rings (SSSR count). The van der Waals surface area contributed by atoms with E-state index in [4.69, 9.17) is 18.9 Å². The minimum Gasteiger partial charge on any atom is -0.489 e. The molecule has 12 heteroatoms. The van der Waals surface area contributed by atoms with Crippen molar-refractivity contribution in [3.05, 3.63) is 297 Å². The Bertz CT molecular complexity index is 5850. The molecule has 0 unspecified atom stereocenters. The number of ether oxygens (including phenoxy) is 4. The van der Waals surface area contributed by atoms with E-state index in [1.165, 1.54) is 114 Å². The van der Waals surface area contributed by atoms with Crippen LogP contribution in [0.2, 0.25) is 0 Å². The molecule has 4 aliphatic heterocycles. The third-order valence-corrected chi connectivity index (χ3v) is 30.7.